The van der Waals surface area contributed by atoms with Crippen LogP contribution in [0.3, 0.4) is 0 Å². The number of carbonyl (C=O) groups excluding carboxylic acids is 1. The van der Waals surface area contributed by atoms with Crippen molar-refractivity contribution in [3.8, 4) is 5.82 Å². The van der Waals surface area contributed by atoms with Crippen LogP contribution in [0.5, 0.6) is 0 Å². The third-order valence-corrected chi connectivity index (χ3v) is 3.28. The molecule has 0 aliphatic carbocycles. The van der Waals surface area contributed by atoms with Crippen molar-refractivity contribution in [2.45, 2.75) is 6.92 Å². The summed E-state index contributed by atoms with van der Waals surface area (Å²) in [5.74, 6) is 1.79. The zero-order chi connectivity index (χ0) is 17.5. The van der Waals surface area contributed by atoms with Crippen LogP contribution in [-0.2, 0) is 4.79 Å². The molecule has 0 fully saturated rings. The molecular weight excluding hydrogens is 320 g/mol. The molecule has 0 bridgehead atoms. The van der Waals surface area contributed by atoms with Crippen LogP contribution in [0.2, 0.25) is 0 Å². The summed E-state index contributed by atoms with van der Waals surface area (Å²) in [4.78, 5) is 20.0. The average molecular weight is 338 g/mol. The molecule has 0 aliphatic rings. The molecule has 25 heavy (non-hydrogen) atoms. The van der Waals surface area contributed by atoms with Gasteiger partial charge in [-0.1, -0.05) is 0 Å². The summed E-state index contributed by atoms with van der Waals surface area (Å²) in [6, 6.07) is 7.24. The molecule has 0 atom stereocenters. The van der Waals surface area contributed by atoms with Crippen molar-refractivity contribution in [3.05, 3.63) is 60.6 Å². The average Bonchev–Trinajstić information content (AvgIpc) is 3.29. The smallest absolute Gasteiger partial charge is 0.244 e. The molecule has 2 N–H and O–H groups in total. The fourth-order valence-corrected chi connectivity index (χ4v) is 2.09. The van der Waals surface area contributed by atoms with Crippen LogP contribution in [0, 0.1) is 6.92 Å². The number of aromatic nitrogens is 4. The van der Waals surface area contributed by atoms with Crippen LogP contribution < -0.4 is 10.6 Å². The molecule has 0 aliphatic heterocycles. The van der Waals surface area contributed by atoms with Crippen molar-refractivity contribution >= 4 is 17.8 Å². The van der Waals surface area contributed by atoms with Gasteiger partial charge in [-0.2, -0.15) is 5.10 Å². The van der Waals surface area contributed by atoms with Gasteiger partial charge < -0.3 is 15.1 Å². The maximum absolute atomic E-state index is 11.7. The van der Waals surface area contributed by atoms with E-state index in [0.29, 0.717) is 30.5 Å². The number of rotatable bonds is 7. The monoisotopic (exact) mass is 338 g/mol. The van der Waals surface area contributed by atoms with Gasteiger partial charge in [0.15, 0.2) is 5.82 Å². The minimum Gasteiger partial charge on any atom is -0.465 e. The van der Waals surface area contributed by atoms with Crippen molar-refractivity contribution < 1.29 is 9.21 Å². The van der Waals surface area contributed by atoms with Crippen LogP contribution in [-0.4, -0.2) is 38.7 Å². The lowest BCUT2D eigenvalue weighted by molar-refractivity contribution is -0.116. The second-order valence-electron chi connectivity index (χ2n) is 5.23. The van der Waals surface area contributed by atoms with E-state index in [4.69, 9.17) is 4.42 Å². The summed E-state index contributed by atoms with van der Waals surface area (Å²) in [6.45, 7) is 2.91. The Morgan fingerprint density at radius 2 is 2.24 bits per heavy atom. The molecule has 0 radical (unpaired) electrons. The first-order chi connectivity index (χ1) is 12.2. The number of amides is 1. The van der Waals surface area contributed by atoms with Crippen molar-refractivity contribution in [3.63, 3.8) is 0 Å². The highest BCUT2D eigenvalue weighted by molar-refractivity contribution is 5.91. The highest BCUT2D eigenvalue weighted by Crippen LogP contribution is 2.08. The Morgan fingerprint density at radius 3 is 3.00 bits per heavy atom. The molecule has 0 unspecified atom stereocenters. The maximum Gasteiger partial charge on any atom is 0.244 e. The van der Waals surface area contributed by atoms with Crippen LogP contribution in [0.25, 0.3) is 11.9 Å². The quantitative estimate of drug-likeness (QED) is 0.504. The summed E-state index contributed by atoms with van der Waals surface area (Å²) < 4.78 is 6.80. The topological polar surface area (TPSA) is 97.9 Å². The number of anilines is 1. The van der Waals surface area contributed by atoms with Crippen molar-refractivity contribution in [1.82, 2.24) is 25.1 Å². The van der Waals surface area contributed by atoms with Gasteiger partial charge in [0.1, 0.15) is 17.9 Å². The molecule has 3 heterocycles. The number of nitrogens with one attached hydrogen (secondary N) is 2. The van der Waals surface area contributed by atoms with E-state index in [9.17, 15) is 4.79 Å². The van der Waals surface area contributed by atoms with E-state index >= 15 is 0 Å². The lowest BCUT2D eigenvalue weighted by atomic mass is 10.4. The van der Waals surface area contributed by atoms with Gasteiger partial charge in [-0.05, 0) is 31.2 Å². The highest BCUT2D eigenvalue weighted by atomic mass is 16.3. The Balaban J connectivity index is 1.45. The minimum atomic E-state index is -0.186. The van der Waals surface area contributed by atoms with E-state index in [2.05, 4.69) is 25.7 Å². The maximum atomic E-state index is 11.7. The summed E-state index contributed by atoms with van der Waals surface area (Å²) in [5.41, 5.74) is 0.915. The predicted octanol–water partition coefficient (Wildman–Crippen LogP) is 1.81. The van der Waals surface area contributed by atoms with Gasteiger partial charge in [-0.25, -0.2) is 14.6 Å². The molecule has 0 saturated heterocycles. The second-order valence-corrected chi connectivity index (χ2v) is 5.23. The van der Waals surface area contributed by atoms with Gasteiger partial charge in [0.2, 0.25) is 5.91 Å². The third kappa shape index (κ3) is 4.77. The molecule has 0 saturated carbocycles. The minimum absolute atomic E-state index is 0.186. The number of aryl methyl sites for hydroxylation is 1. The number of nitrogens with zero attached hydrogens (tertiary/aromatic N) is 4. The van der Waals surface area contributed by atoms with Gasteiger partial charge in [-0.3, -0.25) is 4.79 Å². The molecule has 8 nitrogen and oxygen atoms in total. The van der Waals surface area contributed by atoms with Crippen molar-refractivity contribution in [1.29, 1.82) is 0 Å². The Bertz CT molecular complexity index is 854. The lowest BCUT2D eigenvalue weighted by Crippen LogP contribution is -2.27. The van der Waals surface area contributed by atoms with Gasteiger partial charge in [0, 0.05) is 31.4 Å². The largest absolute Gasteiger partial charge is 0.465 e. The zero-order valence-corrected chi connectivity index (χ0v) is 13.7. The molecular formula is C17H18N6O2. The first kappa shape index (κ1) is 16.4. The Labute approximate surface area is 144 Å². The Morgan fingerprint density at radius 1 is 1.32 bits per heavy atom. The van der Waals surface area contributed by atoms with Gasteiger partial charge in [0.05, 0.1) is 12.0 Å². The van der Waals surface area contributed by atoms with Gasteiger partial charge >= 0.3 is 0 Å². The zero-order valence-electron chi connectivity index (χ0n) is 13.7. The molecule has 3 aromatic heterocycles. The summed E-state index contributed by atoms with van der Waals surface area (Å²) in [5, 5.41) is 10.2. The second kappa shape index (κ2) is 7.91. The van der Waals surface area contributed by atoms with E-state index in [-0.39, 0.29) is 5.91 Å². The van der Waals surface area contributed by atoms with Gasteiger partial charge in [0.25, 0.3) is 0 Å². The van der Waals surface area contributed by atoms with Crippen molar-refractivity contribution in [2.24, 2.45) is 0 Å². The Kier molecular flexibility index (Phi) is 5.20. The molecule has 3 rings (SSSR count). The van der Waals surface area contributed by atoms with Crippen LogP contribution in [0.15, 0.2) is 53.5 Å². The first-order valence-corrected chi connectivity index (χ1v) is 7.79. The SMILES string of the molecule is Cc1ccn(-c2cc(NCCNC(=O)/C=C/c3ccco3)ncn2)n1. The molecule has 0 aromatic carbocycles. The fourth-order valence-electron chi connectivity index (χ4n) is 2.09. The first-order valence-electron chi connectivity index (χ1n) is 7.79. The third-order valence-electron chi connectivity index (χ3n) is 3.28. The summed E-state index contributed by atoms with van der Waals surface area (Å²) >= 11 is 0. The molecule has 128 valence electrons. The van der Waals surface area contributed by atoms with Gasteiger partial charge in [-0.15, -0.1) is 0 Å². The highest BCUT2D eigenvalue weighted by Gasteiger charge is 2.02. The van der Waals surface area contributed by atoms with Crippen molar-refractivity contribution in [2.75, 3.05) is 18.4 Å². The standard InChI is InChI=1S/C17H18N6O2/c1-13-6-9-23(22-13)16-11-15(20-12-21-16)18-7-8-19-17(24)5-4-14-3-2-10-25-14/h2-6,9-12H,7-8H2,1H3,(H,19,24)(H,18,20,21)/b5-4+. The lowest BCUT2D eigenvalue weighted by Gasteiger charge is -2.07. The Hall–Kier alpha value is -3.42. The number of hydrogen-bond donors (Lipinski definition) is 2. The number of carbonyl (C=O) groups is 1. The van der Waals surface area contributed by atoms with Crippen LogP contribution in [0.1, 0.15) is 11.5 Å². The predicted molar refractivity (Wildman–Crippen MR) is 93.1 cm³/mol. The number of hydrogen-bond acceptors (Lipinski definition) is 6. The number of furan rings is 1. The summed E-state index contributed by atoms with van der Waals surface area (Å²) in [7, 11) is 0. The fraction of sp³-hybridized carbons (Fsp3) is 0.176. The van der Waals surface area contributed by atoms with E-state index in [1.807, 2.05) is 19.2 Å². The normalized spacial score (nSPS) is 10.9. The van der Waals surface area contributed by atoms with E-state index in [1.165, 1.54) is 12.4 Å². The van der Waals surface area contributed by atoms with E-state index in [0.717, 1.165) is 5.69 Å². The van der Waals surface area contributed by atoms with E-state index in [1.54, 1.807) is 35.2 Å². The molecule has 1 amide bonds. The van der Waals surface area contributed by atoms with E-state index < -0.39 is 0 Å². The van der Waals surface area contributed by atoms with Crippen LogP contribution in [0.4, 0.5) is 5.82 Å². The molecule has 8 heteroatoms. The summed E-state index contributed by atoms with van der Waals surface area (Å²) in [6.07, 6.45) is 7.92. The van der Waals surface area contributed by atoms with Crippen LogP contribution >= 0.6 is 0 Å². The molecule has 0 spiro atoms. The molecule has 3 aromatic rings.